The van der Waals surface area contributed by atoms with Crippen LogP contribution in [0.1, 0.15) is 57.1 Å². The van der Waals surface area contributed by atoms with Crippen molar-refractivity contribution in [3.63, 3.8) is 0 Å². The molecule has 1 amide bonds. The quantitative estimate of drug-likeness (QED) is 0.843. The number of benzene rings is 1. The number of hydrogen-bond acceptors (Lipinski definition) is 2. The maximum atomic E-state index is 12.9. The maximum Gasteiger partial charge on any atom is 0.241 e. The molecule has 1 N–H and O–H groups in total. The molecule has 1 aromatic rings. The van der Waals surface area contributed by atoms with E-state index in [2.05, 4.69) is 50.0 Å². The minimum Gasteiger partial charge on any atom is -0.324 e. The van der Waals surface area contributed by atoms with Gasteiger partial charge in [-0.05, 0) is 57.2 Å². The monoisotopic (exact) mass is 338 g/mol. The second-order valence-corrected chi connectivity index (χ2v) is 6.48. The van der Waals surface area contributed by atoms with Gasteiger partial charge in [0, 0.05) is 11.7 Å². The van der Waals surface area contributed by atoms with E-state index in [9.17, 15) is 4.79 Å². The minimum atomic E-state index is 0. The molecular weight excluding hydrogens is 308 g/mol. The lowest BCUT2D eigenvalue weighted by atomic mass is 9.96. The lowest BCUT2D eigenvalue weighted by Gasteiger charge is -2.40. The van der Waals surface area contributed by atoms with Crippen LogP contribution in [0.4, 0.5) is 5.69 Å². The summed E-state index contributed by atoms with van der Waals surface area (Å²) in [7, 11) is 0. The molecule has 0 aliphatic carbocycles. The Hall–Kier alpha value is -1.06. The second kappa shape index (κ2) is 9.29. The Morgan fingerprint density at radius 2 is 1.83 bits per heavy atom. The number of nitrogens with zero attached hydrogens (tertiary/aromatic N) is 1. The average molecular weight is 339 g/mol. The molecule has 4 heteroatoms. The van der Waals surface area contributed by atoms with Crippen LogP contribution in [-0.2, 0) is 4.79 Å². The zero-order valence-electron chi connectivity index (χ0n) is 14.9. The summed E-state index contributed by atoms with van der Waals surface area (Å²) in [4.78, 5) is 15.3. The highest BCUT2D eigenvalue weighted by Gasteiger charge is 2.32. The molecule has 1 aliphatic heterocycles. The van der Waals surface area contributed by atoms with Crippen molar-refractivity contribution in [3.8, 4) is 0 Å². The fourth-order valence-corrected chi connectivity index (χ4v) is 3.65. The topological polar surface area (TPSA) is 32.3 Å². The van der Waals surface area contributed by atoms with Crippen molar-refractivity contribution in [3.05, 3.63) is 29.3 Å². The van der Waals surface area contributed by atoms with Crippen molar-refractivity contribution in [1.82, 2.24) is 4.90 Å². The van der Waals surface area contributed by atoms with Gasteiger partial charge in [0.05, 0.1) is 6.04 Å². The molecule has 0 bridgehead atoms. The van der Waals surface area contributed by atoms with E-state index in [0.29, 0.717) is 6.04 Å². The fourth-order valence-electron chi connectivity index (χ4n) is 3.65. The molecule has 0 spiro atoms. The molecule has 130 valence electrons. The van der Waals surface area contributed by atoms with Crippen molar-refractivity contribution in [2.75, 3.05) is 11.9 Å². The minimum absolute atomic E-state index is 0. The third-order valence-corrected chi connectivity index (χ3v) is 4.99. The first-order chi connectivity index (χ1) is 10.6. The van der Waals surface area contributed by atoms with Crippen molar-refractivity contribution in [1.29, 1.82) is 0 Å². The van der Waals surface area contributed by atoms with Crippen LogP contribution in [0.15, 0.2) is 18.2 Å². The molecule has 23 heavy (non-hydrogen) atoms. The molecule has 1 saturated heterocycles. The molecule has 0 saturated carbocycles. The smallest absolute Gasteiger partial charge is 0.241 e. The lowest BCUT2D eigenvalue weighted by molar-refractivity contribution is -0.123. The average Bonchev–Trinajstić information content (AvgIpc) is 2.52. The van der Waals surface area contributed by atoms with Crippen LogP contribution in [-0.4, -0.2) is 29.4 Å². The van der Waals surface area contributed by atoms with Gasteiger partial charge in [-0.1, -0.05) is 38.5 Å². The molecule has 0 aromatic heterocycles. The Kier molecular flexibility index (Phi) is 8.07. The van der Waals surface area contributed by atoms with Gasteiger partial charge in [0.15, 0.2) is 0 Å². The van der Waals surface area contributed by atoms with Crippen molar-refractivity contribution < 1.29 is 4.79 Å². The highest BCUT2D eigenvalue weighted by molar-refractivity contribution is 5.96. The van der Waals surface area contributed by atoms with Crippen LogP contribution in [0, 0.1) is 13.8 Å². The van der Waals surface area contributed by atoms with Gasteiger partial charge in [0.1, 0.15) is 0 Å². The van der Waals surface area contributed by atoms with Crippen LogP contribution in [0.3, 0.4) is 0 Å². The van der Waals surface area contributed by atoms with Gasteiger partial charge in [0.25, 0.3) is 0 Å². The number of rotatable bonds is 5. The second-order valence-electron chi connectivity index (χ2n) is 6.48. The van der Waals surface area contributed by atoms with Crippen molar-refractivity contribution in [2.24, 2.45) is 0 Å². The lowest BCUT2D eigenvalue weighted by Crippen LogP contribution is -2.51. The van der Waals surface area contributed by atoms with E-state index < -0.39 is 0 Å². The van der Waals surface area contributed by atoms with Gasteiger partial charge in [-0.3, -0.25) is 9.69 Å². The van der Waals surface area contributed by atoms with E-state index in [-0.39, 0.29) is 24.4 Å². The summed E-state index contributed by atoms with van der Waals surface area (Å²) in [6, 6.07) is 6.70. The molecule has 1 atom stereocenters. The van der Waals surface area contributed by atoms with E-state index in [1.165, 1.54) is 6.42 Å². The number of aryl methyl sites for hydroxylation is 2. The van der Waals surface area contributed by atoms with E-state index in [1.54, 1.807) is 0 Å². The number of anilines is 1. The van der Waals surface area contributed by atoms with Crippen LogP contribution >= 0.6 is 12.4 Å². The van der Waals surface area contributed by atoms with E-state index >= 15 is 0 Å². The molecule has 1 aliphatic rings. The Morgan fingerprint density at radius 1 is 1.22 bits per heavy atom. The first-order valence-electron chi connectivity index (χ1n) is 8.71. The molecule has 2 rings (SSSR count). The van der Waals surface area contributed by atoms with Gasteiger partial charge >= 0.3 is 0 Å². The van der Waals surface area contributed by atoms with E-state index in [1.807, 2.05) is 6.07 Å². The van der Waals surface area contributed by atoms with Gasteiger partial charge < -0.3 is 5.32 Å². The maximum absolute atomic E-state index is 12.9. The molecule has 1 aromatic carbocycles. The van der Waals surface area contributed by atoms with Gasteiger partial charge in [0.2, 0.25) is 5.91 Å². The number of carbonyl (C=O) groups excluding carboxylic acids is 1. The predicted molar refractivity (Wildman–Crippen MR) is 101 cm³/mol. The number of piperidine rings is 1. The summed E-state index contributed by atoms with van der Waals surface area (Å²) in [5, 5.41) is 3.20. The first kappa shape index (κ1) is 20.0. The van der Waals surface area contributed by atoms with Crippen LogP contribution < -0.4 is 5.32 Å². The molecule has 3 nitrogen and oxygen atoms in total. The van der Waals surface area contributed by atoms with Crippen molar-refractivity contribution in [2.45, 2.75) is 71.9 Å². The molecule has 1 heterocycles. The SMILES string of the molecule is CCC(CC)N1CCCC[C@H]1C(=O)Nc1c(C)cccc1C.Cl. The standard InChI is InChI=1S/C19H30N2O.ClH/c1-5-16(6-2)21-13-8-7-12-17(21)19(22)20-18-14(3)10-9-11-15(18)4;/h9-11,16-17H,5-8,12-13H2,1-4H3,(H,20,22);1H/t17-;/m0./s1. The number of hydrogen-bond donors (Lipinski definition) is 1. The van der Waals surface area contributed by atoms with Crippen LogP contribution in [0.25, 0.3) is 0 Å². The van der Waals surface area contributed by atoms with Gasteiger partial charge in [-0.2, -0.15) is 0 Å². The number of halogens is 1. The molecule has 0 unspecified atom stereocenters. The summed E-state index contributed by atoms with van der Waals surface area (Å²) < 4.78 is 0. The highest BCUT2D eigenvalue weighted by atomic mass is 35.5. The number of para-hydroxylation sites is 1. The zero-order valence-corrected chi connectivity index (χ0v) is 15.7. The third-order valence-electron chi connectivity index (χ3n) is 4.99. The van der Waals surface area contributed by atoms with Crippen LogP contribution in [0.5, 0.6) is 0 Å². The third kappa shape index (κ3) is 4.71. The number of nitrogens with one attached hydrogen (secondary N) is 1. The van der Waals surface area contributed by atoms with E-state index in [4.69, 9.17) is 0 Å². The normalized spacial score (nSPS) is 18.6. The first-order valence-corrected chi connectivity index (χ1v) is 8.71. The fraction of sp³-hybridized carbons (Fsp3) is 0.632. The Labute approximate surface area is 147 Å². The summed E-state index contributed by atoms with van der Waals surface area (Å²) >= 11 is 0. The molecule has 1 fully saturated rings. The van der Waals surface area contributed by atoms with E-state index in [0.717, 1.165) is 49.0 Å². The Balaban J connectivity index is 0.00000264. The predicted octanol–water partition coefficient (Wildman–Crippen LogP) is 4.71. The summed E-state index contributed by atoms with van der Waals surface area (Å²) in [5.41, 5.74) is 3.26. The summed E-state index contributed by atoms with van der Waals surface area (Å²) in [6.45, 7) is 9.62. The highest BCUT2D eigenvalue weighted by Crippen LogP contribution is 2.25. The molecule has 0 radical (unpaired) electrons. The Bertz CT molecular complexity index is 494. The van der Waals surface area contributed by atoms with Gasteiger partial charge in [-0.25, -0.2) is 0 Å². The van der Waals surface area contributed by atoms with Crippen molar-refractivity contribution >= 4 is 24.0 Å². The summed E-state index contributed by atoms with van der Waals surface area (Å²) in [6.07, 6.45) is 5.58. The van der Waals surface area contributed by atoms with Gasteiger partial charge in [-0.15, -0.1) is 12.4 Å². The van der Waals surface area contributed by atoms with Crippen LogP contribution in [0.2, 0.25) is 0 Å². The zero-order chi connectivity index (χ0) is 16.1. The largest absolute Gasteiger partial charge is 0.324 e. The number of amides is 1. The number of carbonyl (C=O) groups is 1. The number of likely N-dealkylation sites (tertiary alicyclic amines) is 1. The summed E-state index contributed by atoms with van der Waals surface area (Å²) in [5.74, 6) is 0.170. The Morgan fingerprint density at radius 3 is 2.39 bits per heavy atom. The molecular formula is C19H31ClN2O.